The molecule has 8 nitrogen and oxygen atoms in total. The highest BCUT2D eigenvalue weighted by Gasteiger charge is 2.30. The van der Waals surface area contributed by atoms with Crippen LogP contribution in [-0.2, 0) is 23.9 Å². The second-order valence-corrected chi connectivity index (χ2v) is 5.23. The number of hydrogen-bond donors (Lipinski definition) is 1. The monoisotopic (exact) mass is 356 g/mol. The number of alkyl halides is 3. The molecular weight excluding hydrogens is 337 g/mol. The summed E-state index contributed by atoms with van der Waals surface area (Å²) < 4.78 is 45.6. The van der Waals surface area contributed by atoms with Crippen LogP contribution in [0.5, 0.6) is 0 Å². The van der Waals surface area contributed by atoms with E-state index in [2.05, 4.69) is 4.74 Å². The molecule has 0 saturated carbocycles. The topological polar surface area (TPSA) is 96.4 Å². The van der Waals surface area contributed by atoms with Crippen LogP contribution in [0.25, 0.3) is 0 Å². The second kappa shape index (κ2) is 8.83. The lowest BCUT2D eigenvalue weighted by Gasteiger charge is -2.35. The summed E-state index contributed by atoms with van der Waals surface area (Å²) >= 11 is 0. The molecule has 0 bridgehead atoms. The fourth-order valence-electron chi connectivity index (χ4n) is 2.12. The Balaban J connectivity index is 2.49. The van der Waals surface area contributed by atoms with Crippen LogP contribution < -0.4 is 0 Å². The van der Waals surface area contributed by atoms with Gasteiger partial charge in [-0.2, -0.15) is 13.2 Å². The molecule has 24 heavy (non-hydrogen) atoms. The van der Waals surface area contributed by atoms with Crippen molar-refractivity contribution in [2.24, 2.45) is 0 Å². The summed E-state index contributed by atoms with van der Waals surface area (Å²) in [5.41, 5.74) is 0. The highest BCUT2D eigenvalue weighted by atomic mass is 19.4. The minimum absolute atomic E-state index is 0.0329. The fraction of sp³-hybridized carbons (Fsp3) is 0.769. The molecule has 1 heterocycles. The van der Waals surface area contributed by atoms with E-state index in [-0.39, 0.29) is 26.2 Å². The molecule has 1 aliphatic rings. The number of carbonyl (C=O) groups is 3. The lowest BCUT2D eigenvalue weighted by molar-refractivity contribution is -0.179. The van der Waals surface area contributed by atoms with E-state index in [9.17, 15) is 27.6 Å². The van der Waals surface area contributed by atoms with Crippen LogP contribution in [0.3, 0.4) is 0 Å². The molecule has 1 N–H and O–H groups in total. The van der Waals surface area contributed by atoms with Crippen molar-refractivity contribution in [1.82, 2.24) is 9.80 Å². The van der Waals surface area contributed by atoms with E-state index in [1.807, 2.05) is 0 Å². The first-order valence-electron chi connectivity index (χ1n) is 7.09. The van der Waals surface area contributed by atoms with Crippen molar-refractivity contribution in [1.29, 1.82) is 0 Å². The lowest BCUT2D eigenvalue weighted by atomic mass is 10.2. The van der Waals surface area contributed by atoms with Gasteiger partial charge in [0.25, 0.3) is 0 Å². The SMILES string of the molecule is CC(=O)N(CC(=O)O)CC1CN(C(=O)COCC(F)(F)F)CCO1. The van der Waals surface area contributed by atoms with E-state index in [0.717, 1.165) is 4.90 Å². The van der Waals surface area contributed by atoms with Gasteiger partial charge in [0.05, 0.1) is 12.7 Å². The molecule has 1 atom stereocenters. The van der Waals surface area contributed by atoms with Crippen LogP contribution in [0.4, 0.5) is 13.2 Å². The number of nitrogens with zero attached hydrogens (tertiary/aromatic N) is 2. The summed E-state index contributed by atoms with van der Waals surface area (Å²) in [6.07, 6.45) is -5.12. The van der Waals surface area contributed by atoms with Gasteiger partial charge in [0.15, 0.2) is 0 Å². The Morgan fingerprint density at radius 1 is 1.38 bits per heavy atom. The third-order valence-electron chi connectivity index (χ3n) is 3.18. The van der Waals surface area contributed by atoms with E-state index in [4.69, 9.17) is 9.84 Å². The van der Waals surface area contributed by atoms with Crippen LogP contribution in [-0.4, -0.2) is 91.0 Å². The average molecular weight is 356 g/mol. The van der Waals surface area contributed by atoms with Gasteiger partial charge in [-0.1, -0.05) is 0 Å². The molecule has 1 unspecified atom stereocenters. The van der Waals surface area contributed by atoms with Crippen LogP contribution >= 0.6 is 0 Å². The van der Waals surface area contributed by atoms with E-state index >= 15 is 0 Å². The number of rotatable bonds is 7. The number of morpholine rings is 1. The number of carboxylic acids is 1. The molecule has 1 saturated heterocycles. The lowest BCUT2D eigenvalue weighted by Crippen LogP contribution is -2.51. The number of ether oxygens (including phenoxy) is 2. The fourth-order valence-corrected chi connectivity index (χ4v) is 2.12. The minimum Gasteiger partial charge on any atom is -0.480 e. The zero-order valence-electron chi connectivity index (χ0n) is 13.0. The molecule has 1 aliphatic heterocycles. The first kappa shape index (κ1) is 20.2. The van der Waals surface area contributed by atoms with Gasteiger partial charge in [-0.3, -0.25) is 14.4 Å². The Hall–Kier alpha value is -1.88. The molecule has 1 fully saturated rings. The quantitative estimate of drug-likeness (QED) is 0.674. The summed E-state index contributed by atoms with van der Waals surface area (Å²) in [4.78, 5) is 36.3. The van der Waals surface area contributed by atoms with Gasteiger partial charge in [-0.05, 0) is 0 Å². The number of hydrogen-bond acceptors (Lipinski definition) is 5. The van der Waals surface area contributed by atoms with E-state index in [1.165, 1.54) is 11.8 Å². The van der Waals surface area contributed by atoms with Gasteiger partial charge in [0.1, 0.15) is 19.8 Å². The van der Waals surface area contributed by atoms with E-state index < -0.39 is 49.8 Å². The predicted octanol–water partition coefficient (Wildman–Crippen LogP) is -0.274. The van der Waals surface area contributed by atoms with Crippen LogP contribution in [0.15, 0.2) is 0 Å². The van der Waals surface area contributed by atoms with Crippen LogP contribution in [0.2, 0.25) is 0 Å². The second-order valence-electron chi connectivity index (χ2n) is 5.23. The Morgan fingerprint density at radius 2 is 2.04 bits per heavy atom. The maximum Gasteiger partial charge on any atom is 0.411 e. The Morgan fingerprint density at radius 3 is 2.58 bits per heavy atom. The molecule has 11 heteroatoms. The molecule has 0 aromatic carbocycles. The molecular formula is C13H19F3N2O6. The third-order valence-corrected chi connectivity index (χ3v) is 3.18. The van der Waals surface area contributed by atoms with Gasteiger partial charge < -0.3 is 24.4 Å². The Labute approximate surface area is 136 Å². The Bertz CT molecular complexity index is 471. The first-order valence-corrected chi connectivity index (χ1v) is 7.09. The summed E-state index contributed by atoms with van der Waals surface area (Å²) in [5.74, 6) is -2.27. The van der Waals surface area contributed by atoms with Crippen LogP contribution in [0.1, 0.15) is 6.92 Å². The number of aliphatic carboxylic acids is 1. The highest BCUT2D eigenvalue weighted by molar-refractivity contribution is 5.79. The van der Waals surface area contributed by atoms with Gasteiger partial charge >= 0.3 is 12.1 Å². The average Bonchev–Trinajstić information content (AvgIpc) is 2.45. The maximum absolute atomic E-state index is 12.0. The molecule has 0 aromatic heterocycles. The van der Waals surface area contributed by atoms with Gasteiger partial charge in [-0.15, -0.1) is 0 Å². The Kier molecular flexibility index (Phi) is 7.42. The van der Waals surface area contributed by atoms with E-state index in [1.54, 1.807) is 0 Å². The van der Waals surface area contributed by atoms with Crippen LogP contribution in [0, 0.1) is 0 Å². The first-order chi connectivity index (χ1) is 11.1. The molecule has 0 aliphatic carbocycles. The summed E-state index contributed by atoms with van der Waals surface area (Å²) in [6, 6.07) is 0. The van der Waals surface area contributed by atoms with Crippen molar-refractivity contribution in [3.8, 4) is 0 Å². The normalized spacial score (nSPS) is 18.3. The third kappa shape index (κ3) is 7.59. The van der Waals surface area contributed by atoms with Crippen molar-refractivity contribution >= 4 is 17.8 Å². The summed E-state index contributed by atoms with van der Waals surface area (Å²) in [5, 5.41) is 8.76. The molecule has 0 radical (unpaired) electrons. The van der Waals surface area contributed by atoms with Crippen molar-refractivity contribution in [2.75, 3.05) is 46.0 Å². The molecule has 138 valence electrons. The minimum atomic E-state index is -4.51. The van der Waals surface area contributed by atoms with Crippen molar-refractivity contribution in [3.63, 3.8) is 0 Å². The smallest absolute Gasteiger partial charge is 0.411 e. The zero-order chi connectivity index (χ0) is 18.3. The number of carboxylic acid groups (broad SMARTS) is 1. The van der Waals surface area contributed by atoms with Gasteiger partial charge in [0.2, 0.25) is 11.8 Å². The molecule has 2 amide bonds. The van der Waals surface area contributed by atoms with E-state index in [0.29, 0.717) is 0 Å². The summed E-state index contributed by atoms with van der Waals surface area (Å²) in [7, 11) is 0. The molecule has 0 aromatic rings. The number of halogens is 3. The standard InChI is InChI=1S/C13H19F3N2O6/c1-9(19)18(6-12(21)22)5-10-4-17(2-3-24-10)11(20)7-23-8-13(14,15)16/h10H,2-8H2,1H3,(H,21,22). The number of carbonyl (C=O) groups excluding carboxylic acids is 2. The maximum atomic E-state index is 12.0. The van der Waals surface area contributed by atoms with Crippen molar-refractivity contribution < 1.29 is 42.1 Å². The predicted molar refractivity (Wildman–Crippen MR) is 73.1 cm³/mol. The largest absolute Gasteiger partial charge is 0.480 e. The highest BCUT2D eigenvalue weighted by Crippen LogP contribution is 2.14. The zero-order valence-corrected chi connectivity index (χ0v) is 13.0. The molecule has 0 spiro atoms. The van der Waals surface area contributed by atoms with Crippen molar-refractivity contribution in [3.05, 3.63) is 0 Å². The van der Waals surface area contributed by atoms with Gasteiger partial charge in [0, 0.05) is 26.6 Å². The summed E-state index contributed by atoms with van der Waals surface area (Å²) in [6.45, 7) is -1.19. The number of amides is 2. The van der Waals surface area contributed by atoms with Gasteiger partial charge in [-0.25, -0.2) is 0 Å². The molecule has 1 rings (SSSR count). The van der Waals surface area contributed by atoms with Crippen molar-refractivity contribution in [2.45, 2.75) is 19.2 Å².